The van der Waals surface area contributed by atoms with Crippen molar-refractivity contribution in [3.63, 3.8) is 0 Å². The summed E-state index contributed by atoms with van der Waals surface area (Å²) in [5.41, 5.74) is 2.51. The Bertz CT molecular complexity index is 1010. The Kier molecular flexibility index (Phi) is 5.19. The maximum atomic E-state index is 12.5. The number of carbonyl (C=O) groups excluding carboxylic acids is 1. The topological polar surface area (TPSA) is 67.3 Å². The second kappa shape index (κ2) is 8.08. The van der Waals surface area contributed by atoms with Gasteiger partial charge in [-0.05, 0) is 48.7 Å². The summed E-state index contributed by atoms with van der Waals surface area (Å²) in [4.78, 5) is 24.1. The van der Waals surface area contributed by atoms with Gasteiger partial charge in [-0.3, -0.25) is 4.79 Å². The molecule has 0 saturated carbocycles. The van der Waals surface area contributed by atoms with Crippen molar-refractivity contribution >= 4 is 34.7 Å². The lowest BCUT2D eigenvalue weighted by Crippen LogP contribution is -2.22. The predicted molar refractivity (Wildman–Crippen MR) is 112 cm³/mol. The number of amides is 1. The molecule has 0 radical (unpaired) electrons. The maximum absolute atomic E-state index is 12.5. The number of para-hydroxylation sites is 2. The van der Waals surface area contributed by atoms with Crippen molar-refractivity contribution in [3.8, 4) is 5.75 Å². The number of nitrogens with one attached hydrogen (secondary N) is 1. The Morgan fingerprint density at radius 1 is 1.04 bits per heavy atom. The zero-order chi connectivity index (χ0) is 19.3. The van der Waals surface area contributed by atoms with Crippen LogP contribution in [0.25, 0.3) is 17.1 Å². The molecule has 0 bridgehead atoms. The SMILES string of the molecule is COc1ccc(/C=C/C(=O)Nc2nc3ccccc3nc2N2CCCC2)cc1. The van der Waals surface area contributed by atoms with Crippen LogP contribution in [0.2, 0.25) is 0 Å². The smallest absolute Gasteiger partial charge is 0.249 e. The van der Waals surface area contributed by atoms with Crippen molar-refractivity contribution in [3.05, 3.63) is 60.2 Å². The summed E-state index contributed by atoms with van der Waals surface area (Å²) in [7, 11) is 1.63. The van der Waals surface area contributed by atoms with Crippen molar-refractivity contribution in [2.75, 3.05) is 30.4 Å². The predicted octanol–water partition coefficient (Wildman–Crippen LogP) is 3.89. The van der Waals surface area contributed by atoms with Gasteiger partial charge in [0.1, 0.15) is 5.75 Å². The highest BCUT2D eigenvalue weighted by atomic mass is 16.5. The molecule has 1 aliphatic rings. The van der Waals surface area contributed by atoms with Gasteiger partial charge in [0, 0.05) is 19.2 Å². The zero-order valence-electron chi connectivity index (χ0n) is 15.8. The van der Waals surface area contributed by atoms with Crippen LogP contribution in [0.15, 0.2) is 54.6 Å². The lowest BCUT2D eigenvalue weighted by molar-refractivity contribution is -0.111. The summed E-state index contributed by atoms with van der Waals surface area (Å²) in [6, 6.07) is 15.2. The Balaban J connectivity index is 1.57. The van der Waals surface area contributed by atoms with E-state index in [0.717, 1.165) is 54.1 Å². The maximum Gasteiger partial charge on any atom is 0.249 e. The zero-order valence-corrected chi connectivity index (χ0v) is 15.8. The van der Waals surface area contributed by atoms with Gasteiger partial charge in [0.2, 0.25) is 5.91 Å². The van der Waals surface area contributed by atoms with E-state index < -0.39 is 0 Å². The lowest BCUT2D eigenvalue weighted by Gasteiger charge is -2.19. The molecule has 1 aromatic heterocycles. The highest BCUT2D eigenvalue weighted by Crippen LogP contribution is 2.27. The average Bonchev–Trinajstić information content (AvgIpc) is 3.27. The third-order valence-electron chi connectivity index (χ3n) is 4.74. The molecular formula is C22H22N4O2. The van der Waals surface area contributed by atoms with Crippen LogP contribution in [-0.4, -0.2) is 36.1 Å². The first-order chi connectivity index (χ1) is 13.7. The minimum atomic E-state index is -0.235. The summed E-state index contributed by atoms with van der Waals surface area (Å²) in [6.45, 7) is 1.86. The molecule has 28 heavy (non-hydrogen) atoms. The summed E-state index contributed by atoms with van der Waals surface area (Å²) >= 11 is 0. The molecule has 1 saturated heterocycles. The molecule has 0 atom stereocenters. The third kappa shape index (κ3) is 3.96. The van der Waals surface area contributed by atoms with Crippen LogP contribution in [0, 0.1) is 0 Å². The molecule has 0 aliphatic carbocycles. The number of rotatable bonds is 5. The van der Waals surface area contributed by atoms with Gasteiger partial charge in [0.05, 0.1) is 18.1 Å². The van der Waals surface area contributed by atoms with Crippen LogP contribution >= 0.6 is 0 Å². The number of benzene rings is 2. The number of ether oxygens (including phenoxy) is 1. The average molecular weight is 374 g/mol. The minimum absolute atomic E-state index is 0.235. The molecule has 4 rings (SSSR count). The number of carbonyl (C=O) groups is 1. The third-order valence-corrected chi connectivity index (χ3v) is 4.74. The molecule has 1 N–H and O–H groups in total. The fraction of sp³-hybridized carbons (Fsp3) is 0.227. The molecule has 1 aliphatic heterocycles. The number of hydrogen-bond acceptors (Lipinski definition) is 5. The number of fused-ring (bicyclic) bond motifs is 1. The van der Waals surface area contributed by atoms with Crippen LogP contribution < -0.4 is 15.0 Å². The summed E-state index contributed by atoms with van der Waals surface area (Å²) in [6.07, 6.45) is 5.52. The van der Waals surface area contributed by atoms with Crippen LogP contribution in [-0.2, 0) is 4.79 Å². The molecule has 2 aromatic carbocycles. The van der Waals surface area contributed by atoms with Gasteiger partial charge in [0.25, 0.3) is 0 Å². The second-order valence-corrected chi connectivity index (χ2v) is 6.67. The van der Waals surface area contributed by atoms with Gasteiger partial charge in [-0.15, -0.1) is 0 Å². The van der Waals surface area contributed by atoms with Crippen LogP contribution in [0.4, 0.5) is 11.6 Å². The van der Waals surface area contributed by atoms with E-state index in [1.165, 1.54) is 6.08 Å². The highest BCUT2D eigenvalue weighted by molar-refractivity contribution is 6.03. The molecule has 3 aromatic rings. The molecule has 1 fully saturated rings. The molecular weight excluding hydrogens is 352 g/mol. The fourth-order valence-electron chi connectivity index (χ4n) is 3.27. The van der Waals surface area contributed by atoms with E-state index in [-0.39, 0.29) is 5.91 Å². The Morgan fingerprint density at radius 3 is 2.39 bits per heavy atom. The van der Waals surface area contributed by atoms with E-state index in [1.807, 2.05) is 48.5 Å². The van der Waals surface area contributed by atoms with Crippen LogP contribution in [0.1, 0.15) is 18.4 Å². The molecule has 0 spiro atoms. The van der Waals surface area contributed by atoms with E-state index in [9.17, 15) is 4.79 Å². The standard InChI is InChI=1S/C22H22N4O2/c1-28-17-11-8-16(9-12-17)10-13-20(27)25-21-22(26-14-4-5-15-26)24-19-7-3-2-6-18(19)23-21/h2-3,6-13H,4-5,14-15H2,1H3,(H,23,25,27)/b13-10+. The van der Waals surface area contributed by atoms with E-state index in [0.29, 0.717) is 5.82 Å². The molecule has 142 valence electrons. The van der Waals surface area contributed by atoms with Crippen molar-refractivity contribution in [1.82, 2.24) is 9.97 Å². The van der Waals surface area contributed by atoms with Crippen molar-refractivity contribution in [2.45, 2.75) is 12.8 Å². The van der Waals surface area contributed by atoms with Gasteiger partial charge in [-0.1, -0.05) is 24.3 Å². The number of aromatic nitrogens is 2. The summed E-state index contributed by atoms with van der Waals surface area (Å²) < 4.78 is 5.15. The van der Waals surface area contributed by atoms with E-state index >= 15 is 0 Å². The first kappa shape index (κ1) is 18.0. The van der Waals surface area contributed by atoms with E-state index in [2.05, 4.69) is 15.2 Å². The molecule has 2 heterocycles. The van der Waals surface area contributed by atoms with Crippen molar-refractivity contribution in [1.29, 1.82) is 0 Å². The summed E-state index contributed by atoms with van der Waals surface area (Å²) in [5, 5.41) is 2.91. The normalized spacial score (nSPS) is 14.0. The highest BCUT2D eigenvalue weighted by Gasteiger charge is 2.20. The first-order valence-electron chi connectivity index (χ1n) is 9.38. The quantitative estimate of drug-likeness (QED) is 0.686. The molecule has 1 amide bonds. The van der Waals surface area contributed by atoms with Gasteiger partial charge < -0.3 is 15.0 Å². The van der Waals surface area contributed by atoms with E-state index in [4.69, 9.17) is 9.72 Å². The van der Waals surface area contributed by atoms with E-state index in [1.54, 1.807) is 13.2 Å². The van der Waals surface area contributed by atoms with Crippen molar-refractivity contribution in [2.24, 2.45) is 0 Å². The largest absolute Gasteiger partial charge is 0.497 e. The van der Waals surface area contributed by atoms with Gasteiger partial charge >= 0.3 is 0 Å². The first-order valence-corrected chi connectivity index (χ1v) is 9.38. The number of methoxy groups -OCH3 is 1. The summed E-state index contributed by atoms with van der Waals surface area (Å²) in [5.74, 6) is 1.79. The Morgan fingerprint density at radius 2 is 1.71 bits per heavy atom. The monoisotopic (exact) mass is 374 g/mol. The second-order valence-electron chi connectivity index (χ2n) is 6.67. The number of anilines is 2. The van der Waals surface area contributed by atoms with Gasteiger partial charge in [-0.25, -0.2) is 9.97 Å². The Labute approximate surface area is 163 Å². The lowest BCUT2D eigenvalue weighted by atomic mass is 10.2. The molecule has 6 heteroatoms. The van der Waals surface area contributed by atoms with Crippen LogP contribution in [0.5, 0.6) is 5.75 Å². The fourth-order valence-corrected chi connectivity index (χ4v) is 3.27. The molecule has 0 unspecified atom stereocenters. The number of nitrogens with zero attached hydrogens (tertiary/aromatic N) is 3. The van der Waals surface area contributed by atoms with Gasteiger partial charge in [-0.2, -0.15) is 0 Å². The number of hydrogen-bond donors (Lipinski definition) is 1. The van der Waals surface area contributed by atoms with Gasteiger partial charge in [0.15, 0.2) is 11.6 Å². The minimum Gasteiger partial charge on any atom is -0.497 e. The van der Waals surface area contributed by atoms with Crippen LogP contribution in [0.3, 0.4) is 0 Å². The van der Waals surface area contributed by atoms with Crippen molar-refractivity contribution < 1.29 is 9.53 Å². The Hall–Kier alpha value is -3.41. The molecule has 6 nitrogen and oxygen atoms in total.